The molecule has 0 aromatic heterocycles. The van der Waals surface area contributed by atoms with Crippen molar-refractivity contribution in [2.45, 2.75) is 46.1 Å². The number of nitrogens with zero attached hydrogens (tertiary/aromatic N) is 1. The molecule has 1 aromatic carbocycles. The van der Waals surface area contributed by atoms with Crippen molar-refractivity contribution in [3.8, 4) is 0 Å². The molecular formula is C16H23NO3. The summed E-state index contributed by atoms with van der Waals surface area (Å²) >= 11 is 0. The summed E-state index contributed by atoms with van der Waals surface area (Å²) in [6.45, 7) is 5.53. The second kappa shape index (κ2) is 7.68. The first-order valence-electron chi connectivity index (χ1n) is 7.03. The number of rotatable bonds is 7. The molecule has 1 aromatic rings. The first-order chi connectivity index (χ1) is 9.43. The Bertz CT molecular complexity index is 451. The highest BCUT2D eigenvalue weighted by Gasteiger charge is 2.19. The molecule has 1 rings (SSSR count). The van der Waals surface area contributed by atoms with Gasteiger partial charge in [-0.25, -0.2) is 0 Å². The molecule has 20 heavy (non-hydrogen) atoms. The first-order valence-corrected chi connectivity index (χ1v) is 7.03. The van der Waals surface area contributed by atoms with Crippen LogP contribution in [0.3, 0.4) is 0 Å². The van der Waals surface area contributed by atoms with Crippen molar-refractivity contribution in [1.29, 1.82) is 0 Å². The van der Waals surface area contributed by atoms with Crippen LogP contribution in [0.2, 0.25) is 0 Å². The van der Waals surface area contributed by atoms with E-state index < -0.39 is 5.97 Å². The third-order valence-electron chi connectivity index (χ3n) is 3.31. The zero-order valence-electron chi connectivity index (χ0n) is 12.4. The molecule has 1 N–H and O–H groups in total. The Hall–Kier alpha value is -1.84. The number of carbonyl (C=O) groups excluding carboxylic acids is 1. The van der Waals surface area contributed by atoms with Crippen LogP contribution in [0.1, 0.15) is 38.3 Å². The minimum absolute atomic E-state index is 0.0962. The Morgan fingerprint density at radius 2 is 1.70 bits per heavy atom. The van der Waals surface area contributed by atoms with Crippen LogP contribution in [-0.4, -0.2) is 34.5 Å². The fourth-order valence-electron chi connectivity index (χ4n) is 2.04. The lowest BCUT2D eigenvalue weighted by Crippen LogP contribution is -2.40. The topological polar surface area (TPSA) is 57.6 Å². The van der Waals surface area contributed by atoms with E-state index in [-0.39, 0.29) is 18.5 Å². The summed E-state index contributed by atoms with van der Waals surface area (Å²) in [6, 6.07) is 8.10. The van der Waals surface area contributed by atoms with Crippen LogP contribution < -0.4 is 0 Å². The summed E-state index contributed by atoms with van der Waals surface area (Å²) in [4.78, 5) is 24.3. The van der Waals surface area contributed by atoms with Crippen LogP contribution in [0.4, 0.5) is 0 Å². The summed E-state index contributed by atoms with van der Waals surface area (Å²) in [5.74, 6) is -1.08. The number of aliphatic carboxylic acids is 1. The lowest BCUT2D eigenvalue weighted by Gasteiger charge is -2.24. The number of hydrogen-bond acceptors (Lipinski definition) is 2. The highest BCUT2D eigenvalue weighted by atomic mass is 16.4. The number of carboxylic acid groups (broad SMARTS) is 1. The number of amides is 1. The van der Waals surface area contributed by atoms with E-state index in [2.05, 4.69) is 19.1 Å². The highest BCUT2D eigenvalue weighted by Crippen LogP contribution is 2.09. The largest absolute Gasteiger partial charge is 0.480 e. The van der Waals surface area contributed by atoms with Gasteiger partial charge < -0.3 is 10.0 Å². The number of hydrogen-bond donors (Lipinski definition) is 1. The van der Waals surface area contributed by atoms with Gasteiger partial charge in [0.2, 0.25) is 5.91 Å². The van der Waals surface area contributed by atoms with Gasteiger partial charge in [-0.05, 0) is 37.8 Å². The van der Waals surface area contributed by atoms with Crippen molar-refractivity contribution in [3.63, 3.8) is 0 Å². The molecule has 1 amide bonds. The summed E-state index contributed by atoms with van der Waals surface area (Å²) in [7, 11) is 0. The van der Waals surface area contributed by atoms with Gasteiger partial charge in [0.25, 0.3) is 0 Å². The first kappa shape index (κ1) is 16.2. The Morgan fingerprint density at radius 1 is 1.15 bits per heavy atom. The molecular weight excluding hydrogens is 254 g/mol. The molecule has 0 aliphatic heterocycles. The molecule has 0 saturated carbocycles. The van der Waals surface area contributed by atoms with E-state index in [4.69, 9.17) is 5.11 Å². The van der Waals surface area contributed by atoms with E-state index in [1.54, 1.807) is 0 Å². The number of carboxylic acids is 1. The molecule has 0 aliphatic rings. The van der Waals surface area contributed by atoms with E-state index in [0.29, 0.717) is 12.8 Å². The average Bonchev–Trinajstić information content (AvgIpc) is 2.42. The quantitative estimate of drug-likeness (QED) is 0.833. The van der Waals surface area contributed by atoms with Gasteiger partial charge in [0.1, 0.15) is 6.54 Å². The van der Waals surface area contributed by atoms with Gasteiger partial charge in [0, 0.05) is 12.5 Å². The van der Waals surface area contributed by atoms with Crippen molar-refractivity contribution in [2.75, 3.05) is 6.54 Å². The number of carbonyl (C=O) groups is 2. The van der Waals surface area contributed by atoms with Gasteiger partial charge in [-0.3, -0.25) is 9.59 Å². The molecule has 0 fully saturated rings. The minimum atomic E-state index is -0.973. The normalized spacial score (nSPS) is 10.6. The molecule has 4 heteroatoms. The van der Waals surface area contributed by atoms with Crippen molar-refractivity contribution < 1.29 is 14.7 Å². The summed E-state index contributed by atoms with van der Waals surface area (Å²) in [5.41, 5.74) is 2.38. The van der Waals surface area contributed by atoms with Gasteiger partial charge in [0.15, 0.2) is 0 Å². The Kier molecular flexibility index (Phi) is 6.22. The molecule has 0 aliphatic carbocycles. The van der Waals surface area contributed by atoms with Gasteiger partial charge in [-0.1, -0.05) is 31.2 Å². The molecule has 0 unspecified atom stereocenters. The molecule has 0 saturated heterocycles. The van der Waals surface area contributed by atoms with E-state index in [0.717, 1.165) is 12.0 Å². The summed E-state index contributed by atoms with van der Waals surface area (Å²) in [5, 5.41) is 8.83. The van der Waals surface area contributed by atoms with Crippen LogP contribution >= 0.6 is 0 Å². The second-order valence-electron chi connectivity index (χ2n) is 5.18. The predicted octanol–water partition coefficient (Wildman–Crippen LogP) is 2.50. The number of benzene rings is 1. The smallest absolute Gasteiger partial charge is 0.323 e. The molecule has 0 spiro atoms. The molecule has 0 bridgehead atoms. The van der Waals surface area contributed by atoms with Crippen molar-refractivity contribution in [3.05, 3.63) is 35.4 Å². The lowest BCUT2D eigenvalue weighted by atomic mass is 10.1. The summed E-state index contributed by atoms with van der Waals surface area (Å²) in [6.07, 6.45) is 1.99. The highest BCUT2D eigenvalue weighted by molar-refractivity contribution is 5.81. The monoisotopic (exact) mass is 277 g/mol. The zero-order valence-corrected chi connectivity index (χ0v) is 12.4. The Morgan fingerprint density at radius 3 is 2.15 bits per heavy atom. The van der Waals surface area contributed by atoms with Crippen molar-refractivity contribution in [2.24, 2.45) is 0 Å². The van der Waals surface area contributed by atoms with E-state index >= 15 is 0 Å². The molecule has 110 valence electrons. The Labute approximate surface area is 120 Å². The van der Waals surface area contributed by atoms with Crippen molar-refractivity contribution >= 4 is 11.9 Å². The Balaban J connectivity index is 2.57. The van der Waals surface area contributed by atoms with Crippen LogP contribution in [0.15, 0.2) is 24.3 Å². The fourth-order valence-corrected chi connectivity index (χ4v) is 2.04. The predicted molar refractivity (Wildman–Crippen MR) is 78.6 cm³/mol. The van der Waals surface area contributed by atoms with Gasteiger partial charge in [0.05, 0.1) is 0 Å². The maximum Gasteiger partial charge on any atom is 0.323 e. The van der Waals surface area contributed by atoms with Crippen LogP contribution in [0.25, 0.3) is 0 Å². The van der Waals surface area contributed by atoms with Gasteiger partial charge >= 0.3 is 5.97 Å². The standard InChI is InChI=1S/C16H23NO3/c1-4-13-5-7-14(8-6-13)9-10-15(18)17(12(2)3)11-16(19)20/h5-8,12H,4,9-11H2,1-3H3,(H,19,20). The second-order valence-corrected chi connectivity index (χ2v) is 5.18. The molecule has 0 heterocycles. The van der Waals surface area contributed by atoms with Crippen LogP contribution in [0, 0.1) is 0 Å². The van der Waals surface area contributed by atoms with E-state index in [1.807, 2.05) is 26.0 Å². The molecule has 0 atom stereocenters. The van der Waals surface area contributed by atoms with E-state index in [9.17, 15) is 9.59 Å². The van der Waals surface area contributed by atoms with Crippen molar-refractivity contribution in [1.82, 2.24) is 4.90 Å². The third-order valence-corrected chi connectivity index (χ3v) is 3.31. The zero-order chi connectivity index (χ0) is 15.1. The van der Waals surface area contributed by atoms with Crippen LogP contribution in [-0.2, 0) is 22.4 Å². The third kappa shape index (κ3) is 5.03. The maximum absolute atomic E-state index is 12.1. The SMILES string of the molecule is CCc1ccc(CCC(=O)N(CC(=O)O)C(C)C)cc1. The number of aryl methyl sites for hydroxylation is 2. The molecule has 0 radical (unpaired) electrons. The molecule has 4 nitrogen and oxygen atoms in total. The van der Waals surface area contributed by atoms with E-state index in [1.165, 1.54) is 10.5 Å². The fraction of sp³-hybridized carbons (Fsp3) is 0.500. The van der Waals surface area contributed by atoms with Gasteiger partial charge in [-0.15, -0.1) is 0 Å². The maximum atomic E-state index is 12.1. The van der Waals surface area contributed by atoms with Gasteiger partial charge in [-0.2, -0.15) is 0 Å². The lowest BCUT2D eigenvalue weighted by molar-refractivity contribution is -0.145. The van der Waals surface area contributed by atoms with Crippen LogP contribution in [0.5, 0.6) is 0 Å². The summed E-state index contributed by atoms with van der Waals surface area (Å²) < 4.78 is 0. The minimum Gasteiger partial charge on any atom is -0.480 e. The average molecular weight is 277 g/mol.